The van der Waals surface area contributed by atoms with Gasteiger partial charge in [-0.05, 0) is 78.6 Å². The van der Waals surface area contributed by atoms with Gasteiger partial charge in [-0.1, -0.05) is 97.1 Å². The second kappa shape index (κ2) is 14.9. The fourth-order valence-electron chi connectivity index (χ4n) is 4.64. The van der Waals surface area contributed by atoms with Crippen molar-refractivity contribution in [3.05, 3.63) is 167 Å². The molecule has 45 heavy (non-hydrogen) atoms. The van der Waals surface area contributed by atoms with E-state index in [0.29, 0.717) is 11.3 Å². The molecule has 6 nitrogen and oxygen atoms in total. The van der Waals surface area contributed by atoms with Gasteiger partial charge < -0.3 is 16.0 Å². The number of carbonyl (C=O) groups excluding carboxylic acids is 3. The van der Waals surface area contributed by atoms with E-state index in [1.165, 1.54) is 11.8 Å². The number of nitrogens with one attached hydrogen (secondary N) is 3. The monoisotopic (exact) mass is 611 g/mol. The summed E-state index contributed by atoms with van der Waals surface area (Å²) < 4.78 is 0. The largest absolute Gasteiger partial charge is 0.325 e. The lowest BCUT2D eigenvalue weighted by molar-refractivity contribution is -0.116. The smallest absolute Gasteiger partial charge is 0.272 e. The highest BCUT2D eigenvalue weighted by molar-refractivity contribution is 8.00. The number of benzene rings is 5. The third-order valence-electron chi connectivity index (χ3n) is 7.11. The van der Waals surface area contributed by atoms with E-state index >= 15 is 0 Å². The maximum atomic E-state index is 13.6. The van der Waals surface area contributed by atoms with Gasteiger partial charge in [0.1, 0.15) is 10.9 Å². The molecule has 0 aliphatic rings. The number of anilines is 2. The summed E-state index contributed by atoms with van der Waals surface area (Å²) in [5, 5.41) is 8.25. The van der Waals surface area contributed by atoms with Gasteiger partial charge in [0, 0.05) is 21.8 Å². The Morgan fingerprint density at radius 2 is 1.31 bits per heavy atom. The summed E-state index contributed by atoms with van der Waals surface area (Å²) in [6.45, 7) is 3.90. The van der Waals surface area contributed by atoms with Crippen molar-refractivity contribution in [3.63, 3.8) is 0 Å². The van der Waals surface area contributed by atoms with E-state index in [-0.39, 0.29) is 17.5 Å². The molecule has 224 valence electrons. The quantitative estimate of drug-likeness (QED) is 0.110. The maximum absolute atomic E-state index is 13.6. The molecule has 5 rings (SSSR count). The summed E-state index contributed by atoms with van der Waals surface area (Å²) in [5.74, 6) is -1.01. The van der Waals surface area contributed by atoms with Crippen LogP contribution >= 0.6 is 11.8 Å². The van der Waals surface area contributed by atoms with Crippen LogP contribution in [0, 0.1) is 13.8 Å². The van der Waals surface area contributed by atoms with E-state index in [1.54, 1.807) is 36.4 Å². The van der Waals surface area contributed by atoms with Crippen molar-refractivity contribution in [2.45, 2.75) is 24.0 Å². The molecule has 0 aliphatic carbocycles. The number of hydrogen-bond acceptors (Lipinski definition) is 4. The van der Waals surface area contributed by atoms with E-state index in [4.69, 9.17) is 0 Å². The topological polar surface area (TPSA) is 87.3 Å². The Labute approximate surface area is 267 Å². The Bertz CT molecular complexity index is 1840. The van der Waals surface area contributed by atoms with Crippen LogP contribution in [0.25, 0.3) is 6.08 Å². The molecule has 1 unspecified atom stereocenters. The van der Waals surface area contributed by atoms with Crippen molar-refractivity contribution in [2.75, 3.05) is 10.6 Å². The van der Waals surface area contributed by atoms with Crippen LogP contribution in [0.4, 0.5) is 11.4 Å². The van der Waals surface area contributed by atoms with Crippen LogP contribution in [0.15, 0.2) is 144 Å². The van der Waals surface area contributed by atoms with E-state index in [9.17, 15) is 14.4 Å². The Kier molecular flexibility index (Phi) is 10.2. The van der Waals surface area contributed by atoms with Crippen molar-refractivity contribution in [1.29, 1.82) is 0 Å². The van der Waals surface area contributed by atoms with Gasteiger partial charge in [0.25, 0.3) is 11.8 Å². The van der Waals surface area contributed by atoms with Gasteiger partial charge in [-0.3, -0.25) is 14.4 Å². The minimum Gasteiger partial charge on any atom is -0.325 e. The lowest BCUT2D eigenvalue weighted by Crippen LogP contribution is -2.30. The Hall–Kier alpha value is -5.40. The van der Waals surface area contributed by atoms with Gasteiger partial charge >= 0.3 is 0 Å². The first-order chi connectivity index (χ1) is 21.9. The van der Waals surface area contributed by atoms with Gasteiger partial charge in [0.05, 0.1) is 0 Å². The molecular formula is C38H33N3O3S. The van der Waals surface area contributed by atoms with Crippen LogP contribution in [-0.4, -0.2) is 17.7 Å². The minimum atomic E-state index is -0.543. The predicted octanol–water partition coefficient (Wildman–Crippen LogP) is 8.19. The Morgan fingerprint density at radius 3 is 2.02 bits per heavy atom. The van der Waals surface area contributed by atoms with Gasteiger partial charge in [-0.25, -0.2) is 0 Å². The molecule has 3 amide bonds. The maximum Gasteiger partial charge on any atom is 0.272 e. The van der Waals surface area contributed by atoms with E-state index < -0.39 is 11.2 Å². The predicted molar refractivity (Wildman–Crippen MR) is 183 cm³/mol. The second-order valence-corrected chi connectivity index (χ2v) is 11.6. The molecule has 3 N–H and O–H groups in total. The average Bonchev–Trinajstić information content (AvgIpc) is 3.06. The van der Waals surface area contributed by atoms with Crippen LogP contribution in [0.1, 0.15) is 37.9 Å². The zero-order valence-corrected chi connectivity index (χ0v) is 25.8. The second-order valence-electron chi connectivity index (χ2n) is 10.4. The SMILES string of the molecule is Cc1ccccc1/C=C(\NC(=O)c1ccccc1)C(=O)Nc1cccc(SC(C(=O)Nc2ccccc2C)c2ccccc2)c1. The van der Waals surface area contributed by atoms with Crippen molar-refractivity contribution in [1.82, 2.24) is 5.32 Å². The third-order valence-corrected chi connectivity index (χ3v) is 8.35. The lowest BCUT2D eigenvalue weighted by atomic mass is 10.1. The van der Waals surface area contributed by atoms with Crippen LogP contribution in [0.5, 0.6) is 0 Å². The molecule has 0 spiro atoms. The first kappa shape index (κ1) is 31.0. The molecule has 0 saturated heterocycles. The molecule has 5 aromatic carbocycles. The van der Waals surface area contributed by atoms with Crippen LogP contribution in [-0.2, 0) is 9.59 Å². The molecule has 0 fully saturated rings. The minimum absolute atomic E-state index is 0.107. The Morgan fingerprint density at radius 1 is 0.667 bits per heavy atom. The fourth-order valence-corrected chi connectivity index (χ4v) is 5.72. The number of amides is 3. The average molecular weight is 612 g/mol. The number of hydrogen-bond donors (Lipinski definition) is 3. The summed E-state index contributed by atoms with van der Waals surface area (Å²) in [6.07, 6.45) is 1.67. The standard InChI is InChI=1S/C38H33N3O3S/c1-26-14-9-11-20-30(26)24-34(41-36(42)29-18-7-4-8-19-29)37(43)39-31-21-13-22-32(25-31)45-35(28-16-5-3-6-17-28)38(44)40-33-23-12-10-15-27(33)2/h3-25,35H,1-2H3,(H,39,43)(H,40,44)(H,41,42)/b34-24-. The molecule has 0 aromatic heterocycles. The van der Waals surface area contributed by atoms with Gasteiger partial charge in [0.2, 0.25) is 5.91 Å². The molecule has 5 aromatic rings. The van der Waals surface area contributed by atoms with Gasteiger partial charge in [0.15, 0.2) is 0 Å². The van der Waals surface area contributed by atoms with Gasteiger partial charge in [-0.15, -0.1) is 11.8 Å². The van der Waals surface area contributed by atoms with E-state index in [1.807, 2.05) is 117 Å². The molecule has 0 heterocycles. The van der Waals surface area contributed by atoms with Crippen molar-refractivity contribution in [3.8, 4) is 0 Å². The summed E-state index contributed by atoms with van der Waals surface area (Å²) in [5.41, 5.74) is 5.44. The van der Waals surface area contributed by atoms with Crippen LogP contribution < -0.4 is 16.0 Å². The number of aryl methyl sites for hydroxylation is 2. The molecule has 7 heteroatoms. The molecule has 0 bridgehead atoms. The highest BCUT2D eigenvalue weighted by Gasteiger charge is 2.23. The molecule has 0 radical (unpaired) electrons. The number of para-hydroxylation sites is 1. The molecule has 0 aliphatic heterocycles. The first-order valence-corrected chi connectivity index (χ1v) is 15.4. The zero-order chi connectivity index (χ0) is 31.6. The Balaban J connectivity index is 1.38. The molecule has 0 saturated carbocycles. The highest BCUT2D eigenvalue weighted by atomic mass is 32.2. The van der Waals surface area contributed by atoms with Gasteiger partial charge in [-0.2, -0.15) is 0 Å². The first-order valence-electron chi connectivity index (χ1n) is 14.5. The van der Waals surface area contributed by atoms with Crippen LogP contribution in [0.3, 0.4) is 0 Å². The van der Waals surface area contributed by atoms with E-state index in [2.05, 4.69) is 16.0 Å². The van der Waals surface area contributed by atoms with Crippen LogP contribution in [0.2, 0.25) is 0 Å². The summed E-state index contributed by atoms with van der Waals surface area (Å²) in [7, 11) is 0. The highest BCUT2D eigenvalue weighted by Crippen LogP contribution is 2.37. The summed E-state index contributed by atoms with van der Waals surface area (Å²) in [4.78, 5) is 41.1. The third kappa shape index (κ3) is 8.37. The number of rotatable bonds is 10. The fraction of sp³-hybridized carbons (Fsp3) is 0.0789. The summed E-state index contributed by atoms with van der Waals surface area (Å²) >= 11 is 1.39. The lowest BCUT2D eigenvalue weighted by Gasteiger charge is -2.18. The molecular weight excluding hydrogens is 579 g/mol. The zero-order valence-electron chi connectivity index (χ0n) is 25.0. The van der Waals surface area contributed by atoms with Crippen molar-refractivity contribution < 1.29 is 14.4 Å². The number of thioether (sulfide) groups is 1. The van der Waals surface area contributed by atoms with Crippen molar-refractivity contribution >= 4 is 46.9 Å². The molecule has 1 atom stereocenters. The number of carbonyl (C=O) groups is 3. The summed E-state index contributed by atoms with van der Waals surface area (Å²) in [6, 6.07) is 41.0. The van der Waals surface area contributed by atoms with Crippen molar-refractivity contribution in [2.24, 2.45) is 0 Å². The van der Waals surface area contributed by atoms with E-state index in [0.717, 1.165) is 32.8 Å². The normalized spacial score (nSPS) is 11.7.